The molecule has 1 aliphatic heterocycles. The van der Waals surface area contributed by atoms with Crippen molar-refractivity contribution >= 4 is 17.7 Å². The van der Waals surface area contributed by atoms with Gasteiger partial charge < -0.3 is 15.2 Å². The molecule has 3 rings (SSSR count). The number of rotatable bonds is 7. The number of carbonyl (C=O) groups is 1. The lowest BCUT2D eigenvalue weighted by Gasteiger charge is -2.23. The number of hydrogen-bond donors (Lipinski definition) is 2. The average Bonchev–Trinajstić information content (AvgIpc) is 3.25. The van der Waals surface area contributed by atoms with E-state index in [1.165, 1.54) is 19.3 Å². The molecule has 25 heavy (non-hydrogen) atoms. The van der Waals surface area contributed by atoms with Gasteiger partial charge in [0.15, 0.2) is 10.9 Å². The lowest BCUT2D eigenvalue weighted by molar-refractivity contribution is 0.0945. The smallest absolute Gasteiger partial charge is 0.273 e. The van der Waals surface area contributed by atoms with Crippen molar-refractivity contribution in [3.8, 4) is 0 Å². The van der Waals surface area contributed by atoms with Crippen molar-refractivity contribution in [2.45, 2.75) is 50.0 Å². The Hall–Kier alpha value is -1.87. The van der Waals surface area contributed by atoms with Crippen LogP contribution in [0.25, 0.3) is 0 Å². The summed E-state index contributed by atoms with van der Waals surface area (Å²) in [7, 11) is 1.94. The zero-order valence-corrected chi connectivity index (χ0v) is 15.6. The highest BCUT2D eigenvalue weighted by Crippen LogP contribution is 2.13. The van der Waals surface area contributed by atoms with Crippen LogP contribution in [0.2, 0.25) is 0 Å². The highest BCUT2D eigenvalue weighted by molar-refractivity contribution is 7.98. The molecular formula is C16H25N7OS. The quantitative estimate of drug-likeness (QED) is 0.719. The summed E-state index contributed by atoms with van der Waals surface area (Å²) < 4.78 is 3.72. The van der Waals surface area contributed by atoms with Crippen LogP contribution in [0.3, 0.4) is 0 Å². The number of piperidine rings is 1. The third-order valence-electron chi connectivity index (χ3n) is 4.54. The topological polar surface area (TPSA) is 89.7 Å². The molecule has 1 atom stereocenters. The van der Waals surface area contributed by atoms with E-state index in [1.54, 1.807) is 28.8 Å². The third-order valence-corrected chi connectivity index (χ3v) is 5.29. The lowest BCUT2D eigenvalue weighted by atomic mass is 10.0. The summed E-state index contributed by atoms with van der Waals surface area (Å²) in [4.78, 5) is 16.5. The minimum atomic E-state index is -0.214. The van der Waals surface area contributed by atoms with Gasteiger partial charge in [0.05, 0.1) is 24.6 Å². The van der Waals surface area contributed by atoms with Crippen molar-refractivity contribution in [2.75, 3.05) is 12.8 Å². The van der Waals surface area contributed by atoms with Crippen LogP contribution in [0.15, 0.2) is 17.6 Å². The molecule has 136 valence electrons. The largest absolute Gasteiger partial charge is 0.345 e. The normalized spacial score (nSPS) is 17.6. The van der Waals surface area contributed by atoms with E-state index in [0.29, 0.717) is 18.3 Å². The van der Waals surface area contributed by atoms with Crippen LogP contribution < -0.4 is 10.6 Å². The highest BCUT2D eigenvalue weighted by atomic mass is 32.2. The molecule has 0 bridgehead atoms. The molecule has 8 nitrogen and oxygen atoms in total. The number of aromatic nitrogens is 5. The number of nitrogens with zero attached hydrogens (tertiary/aromatic N) is 5. The Labute approximate surface area is 151 Å². The molecule has 2 N–H and O–H groups in total. The molecule has 1 fully saturated rings. The highest BCUT2D eigenvalue weighted by Gasteiger charge is 2.15. The van der Waals surface area contributed by atoms with Gasteiger partial charge in [-0.2, -0.15) is 0 Å². The van der Waals surface area contributed by atoms with Crippen molar-refractivity contribution in [2.24, 2.45) is 7.05 Å². The standard InChI is InChI=1S/C16H25N7OS/c1-22-13(10-19-16(22)25-2)9-18-15(24)14-11-23(21-20-14)8-6-12-5-3-4-7-17-12/h10-12,17H,3-9H2,1-2H3,(H,18,24)/t12-/m0/s1. The van der Waals surface area contributed by atoms with Crippen molar-refractivity contribution < 1.29 is 4.79 Å². The molecule has 2 aromatic heterocycles. The van der Waals surface area contributed by atoms with Crippen molar-refractivity contribution in [3.63, 3.8) is 0 Å². The molecule has 1 amide bonds. The van der Waals surface area contributed by atoms with Gasteiger partial charge in [-0.3, -0.25) is 9.48 Å². The van der Waals surface area contributed by atoms with Gasteiger partial charge in [0.1, 0.15) is 0 Å². The second-order valence-electron chi connectivity index (χ2n) is 6.28. The molecular weight excluding hydrogens is 338 g/mol. The average molecular weight is 363 g/mol. The van der Waals surface area contributed by atoms with Crippen LogP contribution in [0, 0.1) is 0 Å². The minimum Gasteiger partial charge on any atom is -0.345 e. The fraction of sp³-hybridized carbons (Fsp3) is 0.625. The maximum atomic E-state index is 12.3. The number of amides is 1. The Bertz CT molecular complexity index is 705. The second kappa shape index (κ2) is 8.48. The monoisotopic (exact) mass is 363 g/mol. The minimum absolute atomic E-state index is 0.214. The SMILES string of the molecule is CSc1ncc(CNC(=O)c2cn(CC[C@@H]3CCCCN3)nn2)n1C. The zero-order valence-electron chi connectivity index (χ0n) is 14.7. The Morgan fingerprint density at radius 1 is 1.48 bits per heavy atom. The van der Waals surface area contributed by atoms with Crippen molar-refractivity contribution in [3.05, 3.63) is 23.8 Å². The Balaban J connectivity index is 1.49. The first-order valence-corrected chi connectivity index (χ1v) is 9.86. The molecule has 0 spiro atoms. The van der Waals surface area contributed by atoms with E-state index >= 15 is 0 Å². The first kappa shape index (κ1) is 17.9. The van der Waals surface area contributed by atoms with Crippen LogP contribution >= 0.6 is 11.8 Å². The molecule has 1 saturated heterocycles. The van der Waals surface area contributed by atoms with E-state index in [0.717, 1.165) is 30.4 Å². The predicted octanol–water partition coefficient (Wildman–Crippen LogP) is 1.20. The number of imidazole rings is 1. The molecule has 0 aromatic carbocycles. The maximum absolute atomic E-state index is 12.3. The number of hydrogen-bond acceptors (Lipinski definition) is 6. The molecule has 3 heterocycles. The van der Waals surface area contributed by atoms with Gasteiger partial charge in [-0.1, -0.05) is 23.4 Å². The fourth-order valence-corrected chi connectivity index (χ4v) is 3.56. The van der Waals surface area contributed by atoms with Crippen LogP contribution in [-0.2, 0) is 20.1 Å². The Morgan fingerprint density at radius 3 is 3.08 bits per heavy atom. The van der Waals surface area contributed by atoms with Crippen LogP contribution in [0.5, 0.6) is 0 Å². The van der Waals surface area contributed by atoms with Gasteiger partial charge in [0.2, 0.25) is 0 Å². The maximum Gasteiger partial charge on any atom is 0.273 e. The summed E-state index contributed by atoms with van der Waals surface area (Å²) in [5.74, 6) is -0.214. The van der Waals surface area contributed by atoms with Gasteiger partial charge in [-0.25, -0.2) is 4.98 Å². The van der Waals surface area contributed by atoms with E-state index in [9.17, 15) is 4.79 Å². The number of thioether (sulfide) groups is 1. The van der Waals surface area contributed by atoms with Gasteiger partial charge in [0, 0.05) is 19.6 Å². The van der Waals surface area contributed by atoms with E-state index in [4.69, 9.17) is 0 Å². The molecule has 0 saturated carbocycles. The van der Waals surface area contributed by atoms with Crippen molar-refractivity contribution in [1.29, 1.82) is 0 Å². The van der Waals surface area contributed by atoms with Crippen LogP contribution in [0.4, 0.5) is 0 Å². The number of aryl methyl sites for hydroxylation is 1. The first-order valence-electron chi connectivity index (χ1n) is 8.63. The summed E-state index contributed by atoms with van der Waals surface area (Å²) >= 11 is 1.58. The molecule has 1 aliphatic rings. The fourth-order valence-electron chi connectivity index (χ4n) is 3.01. The second-order valence-corrected chi connectivity index (χ2v) is 7.05. The zero-order chi connectivity index (χ0) is 17.6. The summed E-state index contributed by atoms with van der Waals surface area (Å²) in [5.41, 5.74) is 1.30. The summed E-state index contributed by atoms with van der Waals surface area (Å²) in [6, 6.07) is 0.547. The van der Waals surface area contributed by atoms with E-state index in [-0.39, 0.29) is 5.91 Å². The van der Waals surface area contributed by atoms with E-state index in [1.807, 2.05) is 17.9 Å². The van der Waals surface area contributed by atoms with E-state index < -0.39 is 0 Å². The Kier molecular flexibility index (Phi) is 6.09. The molecule has 0 aliphatic carbocycles. The van der Waals surface area contributed by atoms with E-state index in [2.05, 4.69) is 25.9 Å². The van der Waals surface area contributed by atoms with Gasteiger partial charge in [-0.15, -0.1) is 5.10 Å². The lowest BCUT2D eigenvalue weighted by Crippen LogP contribution is -2.34. The van der Waals surface area contributed by atoms with Crippen LogP contribution in [-0.4, -0.2) is 49.3 Å². The van der Waals surface area contributed by atoms with Crippen LogP contribution in [0.1, 0.15) is 41.9 Å². The summed E-state index contributed by atoms with van der Waals surface area (Å²) in [6.07, 6.45) is 10.2. The predicted molar refractivity (Wildman–Crippen MR) is 96.4 cm³/mol. The van der Waals surface area contributed by atoms with Gasteiger partial charge in [0.25, 0.3) is 5.91 Å². The van der Waals surface area contributed by atoms with Gasteiger partial charge >= 0.3 is 0 Å². The molecule has 9 heteroatoms. The summed E-state index contributed by atoms with van der Waals surface area (Å²) in [5, 5.41) is 15.4. The first-order chi connectivity index (χ1) is 12.2. The third kappa shape index (κ3) is 4.60. The summed E-state index contributed by atoms with van der Waals surface area (Å²) in [6.45, 7) is 2.29. The number of carbonyl (C=O) groups excluding carboxylic acids is 1. The Morgan fingerprint density at radius 2 is 2.36 bits per heavy atom. The van der Waals surface area contributed by atoms with Crippen molar-refractivity contribution in [1.82, 2.24) is 35.2 Å². The molecule has 0 unspecified atom stereocenters. The van der Waals surface area contributed by atoms with Gasteiger partial charge in [-0.05, 0) is 32.1 Å². The molecule has 0 radical (unpaired) electrons. The number of nitrogens with one attached hydrogen (secondary N) is 2. The molecule has 2 aromatic rings.